The minimum atomic E-state index is -0.741. The van der Waals surface area contributed by atoms with Gasteiger partial charge < -0.3 is 15.7 Å². The van der Waals surface area contributed by atoms with Gasteiger partial charge in [0.05, 0.1) is 11.1 Å². The number of anilines is 1. The minimum Gasteiger partial charge on any atom is -0.481 e. The lowest BCUT2D eigenvalue weighted by Crippen LogP contribution is -2.46. The number of piperidine rings is 1. The number of rotatable bonds is 4. The lowest BCUT2D eigenvalue weighted by molar-refractivity contribution is -0.152. The summed E-state index contributed by atoms with van der Waals surface area (Å²) < 4.78 is 0. The number of hydrogen-bond donors (Lipinski definition) is 2. The standard InChI is InChI=1S/C14H21N3O3S/c1-3-4-14(12(19)20)5-7-17(8-6-14)11(18)10-9(2)16-13(15)21-10/h3-8H2,1-2H3,(H2,15,16)(H,19,20). The van der Waals surface area contributed by atoms with Crippen LogP contribution in [0.2, 0.25) is 0 Å². The number of carbonyl (C=O) groups excluding carboxylic acids is 1. The number of amides is 1. The van der Waals surface area contributed by atoms with E-state index in [1.807, 2.05) is 6.92 Å². The molecule has 1 aliphatic rings. The topological polar surface area (TPSA) is 96.5 Å². The Kier molecular flexibility index (Phi) is 4.51. The lowest BCUT2D eigenvalue weighted by Gasteiger charge is -2.38. The number of aromatic nitrogens is 1. The summed E-state index contributed by atoms with van der Waals surface area (Å²) in [5.41, 5.74) is 5.60. The number of carbonyl (C=O) groups is 2. The molecular weight excluding hydrogens is 290 g/mol. The molecule has 21 heavy (non-hydrogen) atoms. The zero-order valence-corrected chi connectivity index (χ0v) is 13.2. The van der Waals surface area contributed by atoms with E-state index in [1.54, 1.807) is 11.8 Å². The van der Waals surface area contributed by atoms with Crippen molar-refractivity contribution in [2.75, 3.05) is 18.8 Å². The zero-order chi connectivity index (χ0) is 15.6. The molecule has 1 aromatic rings. The highest BCUT2D eigenvalue weighted by Gasteiger charge is 2.41. The fraction of sp³-hybridized carbons (Fsp3) is 0.643. The molecule has 1 fully saturated rings. The Morgan fingerprint density at radius 3 is 2.48 bits per heavy atom. The number of nitrogens with zero attached hydrogens (tertiary/aromatic N) is 2. The van der Waals surface area contributed by atoms with Gasteiger partial charge in [-0.1, -0.05) is 24.7 Å². The van der Waals surface area contributed by atoms with E-state index in [2.05, 4.69) is 4.98 Å². The molecule has 2 rings (SSSR count). The minimum absolute atomic E-state index is 0.0859. The normalized spacial score (nSPS) is 17.7. The molecule has 3 N–H and O–H groups in total. The third-order valence-electron chi connectivity index (χ3n) is 4.20. The van der Waals surface area contributed by atoms with Crippen molar-refractivity contribution in [3.05, 3.63) is 10.6 Å². The van der Waals surface area contributed by atoms with E-state index in [0.29, 0.717) is 48.1 Å². The van der Waals surface area contributed by atoms with Crippen LogP contribution in [-0.2, 0) is 4.79 Å². The van der Waals surface area contributed by atoms with Gasteiger partial charge in [0.2, 0.25) is 0 Å². The van der Waals surface area contributed by atoms with Crippen molar-refractivity contribution < 1.29 is 14.7 Å². The van der Waals surface area contributed by atoms with Crippen LogP contribution >= 0.6 is 11.3 Å². The predicted molar refractivity (Wildman–Crippen MR) is 81.4 cm³/mol. The first-order chi connectivity index (χ1) is 9.89. The first-order valence-corrected chi connectivity index (χ1v) is 7.97. The second-order valence-corrected chi connectivity index (χ2v) is 6.62. The smallest absolute Gasteiger partial charge is 0.309 e. The number of thiazole rings is 1. The van der Waals surface area contributed by atoms with Crippen molar-refractivity contribution in [2.24, 2.45) is 5.41 Å². The van der Waals surface area contributed by atoms with Crippen LogP contribution in [0.4, 0.5) is 5.13 Å². The molecule has 0 bridgehead atoms. The van der Waals surface area contributed by atoms with Crippen LogP contribution in [0.1, 0.15) is 48.0 Å². The van der Waals surface area contributed by atoms with Crippen LogP contribution in [0, 0.1) is 12.3 Å². The zero-order valence-electron chi connectivity index (χ0n) is 12.4. The van der Waals surface area contributed by atoms with Crippen LogP contribution in [-0.4, -0.2) is 40.0 Å². The number of likely N-dealkylation sites (tertiary alicyclic amines) is 1. The Morgan fingerprint density at radius 1 is 1.43 bits per heavy atom. The van der Waals surface area contributed by atoms with E-state index in [-0.39, 0.29) is 5.91 Å². The summed E-state index contributed by atoms with van der Waals surface area (Å²) in [6.07, 6.45) is 2.52. The molecule has 6 nitrogen and oxygen atoms in total. The van der Waals surface area contributed by atoms with Gasteiger partial charge in [-0.3, -0.25) is 9.59 Å². The molecule has 1 saturated heterocycles. The number of nitrogens with two attached hydrogens (primary N) is 1. The average Bonchev–Trinajstić information content (AvgIpc) is 2.78. The van der Waals surface area contributed by atoms with E-state index < -0.39 is 11.4 Å². The van der Waals surface area contributed by atoms with Crippen molar-refractivity contribution in [3.63, 3.8) is 0 Å². The van der Waals surface area contributed by atoms with Crippen molar-refractivity contribution in [1.29, 1.82) is 0 Å². The van der Waals surface area contributed by atoms with Gasteiger partial charge in [0.25, 0.3) is 5.91 Å². The molecule has 1 aromatic heterocycles. The summed E-state index contributed by atoms with van der Waals surface area (Å²) in [5, 5.41) is 9.87. The molecular formula is C14H21N3O3S. The summed E-state index contributed by atoms with van der Waals surface area (Å²) in [7, 11) is 0. The Hall–Kier alpha value is -1.63. The molecule has 0 unspecified atom stereocenters. The molecule has 0 aromatic carbocycles. The van der Waals surface area contributed by atoms with E-state index in [0.717, 1.165) is 6.42 Å². The second kappa shape index (κ2) is 6.01. The SMILES string of the molecule is CCCC1(C(=O)O)CCN(C(=O)c2sc(N)nc2C)CC1. The Bertz CT molecular complexity index is 548. The Labute approximate surface area is 128 Å². The summed E-state index contributed by atoms with van der Waals surface area (Å²) in [6, 6.07) is 0. The largest absolute Gasteiger partial charge is 0.481 e. The maximum Gasteiger partial charge on any atom is 0.309 e. The molecule has 1 aliphatic heterocycles. The molecule has 7 heteroatoms. The van der Waals surface area contributed by atoms with Gasteiger partial charge in [0, 0.05) is 13.1 Å². The first-order valence-electron chi connectivity index (χ1n) is 7.15. The van der Waals surface area contributed by atoms with Crippen molar-refractivity contribution in [2.45, 2.75) is 39.5 Å². The first kappa shape index (κ1) is 15.8. The summed E-state index contributed by atoms with van der Waals surface area (Å²) in [6.45, 7) is 4.71. The van der Waals surface area contributed by atoms with Crippen molar-refractivity contribution in [1.82, 2.24) is 9.88 Å². The van der Waals surface area contributed by atoms with Gasteiger partial charge in [-0.15, -0.1) is 0 Å². The van der Waals surface area contributed by atoms with E-state index in [4.69, 9.17) is 5.73 Å². The number of carboxylic acids is 1. The monoisotopic (exact) mass is 311 g/mol. The van der Waals surface area contributed by atoms with Crippen molar-refractivity contribution >= 4 is 28.3 Å². The highest BCUT2D eigenvalue weighted by molar-refractivity contribution is 7.17. The lowest BCUT2D eigenvalue weighted by atomic mass is 9.75. The maximum atomic E-state index is 12.5. The molecule has 1 amide bonds. The summed E-state index contributed by atoms with van der Waals surface area (Å²) >= 11 is 1.19. The maximum absolute atomic E-state index is 12.5. The Morgan fingerprint density at radius 2 is 2.05 bits per heavy atom. The number of aryl methyl sites for hydroxylation is 1. The van der Waals surface area contributed by atoms with Gasteiger partial charge in [-0.05, 0) is 26.2 Å². The molecule has 2 heterocycles. The summed E-state index contributed by atoms with van der Waals surface area (Å²) in [4.78, 5) is 30.4. The number of nitrogen functional groups attached to an aromatic ring is 1. The third-order valence-corrected chi connectivity index (χ3v) is 5.17. The number of hydrogen-bond acceptors (Lipinski definition) is 5. The van der Waals surface area contributed by atoms with Crippen molar-refractivity contribution in [3.8, 4) is 0 Å². The highest BCUT2D eigenvalue weighted by atomic mass is 32.1. The van der Waals surface area contributed by atoms with Gasteiger partial charge in [-0.2, -0.15) is 0 Å². The molecule has 0 aliphatic carbocycles. The van der Waals surface area contributed by atoms with Gasteiger partial charge in [0.1, 0.15) is 4.88 Å². The third kappa shape index (κ3) is 3.02. The second-order valence-electron chi connectivity index (χ2n) is 5.59. The average molecular weight is 311 g/mol. The molecule has 0 radical (unpaired) electrons. The van der Waals surface area contributed by atoms with E-state index >= 15 is 0 Å². The fourth-order valence-corrected chi connectivity index (χ4v) is 3.75. The predicted octanol–water partition coefficient (Wildman–Crippen LogP) is 2.14. The van der Waals surface area contributed by atoms with Crippen LogP contribution in [0.15, 0.2) is 0 Å². The van der Waals surface area contributed by atoms with Crippen LogP contribution in [0.25, 0.3) is 0 Å². The number of carboxylic acid groups (broad SMARTS) is 1. The van der Waals surface area contributed by atoms with Gasteiger partial charge in [-0.25, -0.2) is 4.98 Å². The highest BCUT2D eigenvalue weighted by Crippen LogP contribution is 2.37. The van der Waals surface area contributed by atoms with Gasteiger partial charge in [0.15, 0.2) is 5.13 Å². The summed E-state index contributed by atoms with van der Waals surface area (Å²) in [5.74, 6) is -0.827. The van der Waals surface area contributed by atoms with Crippen LogP contribution < -0.4 is 5.73 Å². The molecule has 0 spiro atoms. The van der Waals surface area contributed by atoms with E-state index in [1.165, 1.54) is 11.3 Å². The quantitative estimate of drug-likeness (QED) is 0.888. The van der Waals surface area contributed by atoms with Crippen LogP contribution in [0.5, 0.6) is 0 Å². The number of aliphatic carboxylic acids is 1. The Balaban J connectivity index is 2.08. The van der Waals surface area contributed by atoms with Gasteiger partial charge >= 0.3 is 5.97 Å². The molecule has 116 valence electrons. The fourth-order valence-electron chi connectivity index (χ4n) is 2.95. The van der Waals surface area contributed by atoms with E-state index in [9.17, 15) is 14.7 Å². The molecule has 0 atom stereocenters. The van der Waals surface area contributed by atoms with Crippen LogP contribution in [0.3, 0.4) is 0 Å². The molecule has 0 saturated carbocycles.